The van der Waals surface area contributed by atoms with Crippen LogP contribution in [0.5, 0.6) is 0 Å². The van der Waals surface area contributed by atoms with Crippen molar-refractivity contribution in [1.82, 2.24) is 15.3 Å². The molecule has 8 heteroatoms. The lowest BCUT2D eigenvalue weighted by Gasteiger charge is -2.09. The summed E-state index contributed by atoms with van der Waals surface area (Å²) in [6, 6.07) is 6.11. The van der Waals surface area contributed by atoms with Crippen molar-refractivity contribution < 1.29 is 14.7 Å². The highest BCUT2D eigenvalue weighted by atomic mass is 16.4. The van der Waals surface area contributed by atoms with E-state index in [2.05, 4.69) is 25.9 Å². The van der Waals surface area contributed by atoms with E-state index in [9.17, 15) is 9.59 Å². The highest BCUT2D eigenvalue weighted by molar-refractivity contribution is 5.93. The van der Waals surface area contributed by atoms with E-state index < -0.39 is 5.97 Å². The lowest BCUT2D eigenvalue weighted by molar-refractivity contribution is 0.0697. The van der Waals surface area contributed by atoms with Gasteiger partial charge in [0.05, 0.1) is 0 Å². The molecule has 2 aromatic rings. The second-order valence-corrected chi connectivity index (χ2v) is 4.31. The van der Waals surface area contributed by atoms with Gasteiger partial charge in [-0.15, -0.1) is 0 Å². The molecule has 2 aromatic heterocycles. The molecule has 0 atom stereocenters. The van der Waals surface area contributed by atoms with Gasteiger partial charge in [0.25, 0.3) is 0 Å². The molecule has 0 aliphatic heterocycles. The van der Waals surface area contributed by atoms with Gasteiger partial charge in [-0.3, -0.25) is 5.32 Å². The van der Waals surface area contributed by atoms with Crippen molar-refractivity contribution in [2.24, 2.45) is 0 Å². The van der Waals surface area contributed by atoms with E-state index in [1.54, 1.807) is 24.4 Å². The van der Waals surface area contributed by atoms with Crippen LogP contribution in [0.2, 0.25) is 0 Å². The zero-order valence-electron chi connectivity index (χ0n) is 11.8. The Kier molecular flexibility index (Phi) is 4.86. The minimum absolute atomic E-state index is 0.0975. The average Bonchev–Trinajstić information content (AvgIpc) is 2.53. The van der Waals surface area contributed by atoms with E-state index in [-0.39, 0.29) is 17.4 Å². The largest absolute Gasteiger partial charge is 0.478 e. The number of nitrogens with one attached hydrogen (secondary N) is 3. The molecule has 0 bridgehead atoms. The first-order valence-corrected chi connectivity index (χ1v) is 6.46. The van der Waals surface area contributed by atoms with Crippen LogP contribution in [0.3, 0.4) is 0 Å². The van der Waals surface area contributed by atoms with Crippen molar-refractivity contribution in [1.29, 1.82) is 0 Å². The maximum atomic E-state index is 11.2. The Balaban J connectivity index is 2.07. The lowest BCUT2D eigenvalue weighted by Crippen LogP contribution is -2.25. The predicted molar refractivity (Wildman–Crippen MR) is 80.8 cm³/mol. The third-order valence-electron chi connectivity index (χ3n) is 2.79. The number of nitrogens with zero attached hydrogens (tertiary/aromatic N) is 2. The molecule has 114 valence electrons. The quantitative estimate of drug-likeness (QED) is 0.665. The number of aromatic nitrogens is 2. The monoisotopic (exact) mass is 301 g/mol. The van der Waals surface area contributed by atoms with Gasteiger partial charge in [0.1, 0.15) is 17.2 Å². The van der Waals surface area contributed by atoms with Crippen molar-refractivity contribution in [2.45, 2.75) is 6.54 Å². The Hall–Kier alpha value is -3.16. The number of carboxylic acids is 1. The summed E-state index contributed by atoms with van der Waals surface area (Å²) in [5.41, 5.74) is 0.920. The summed E-state index contributed by atoms with van der Waals surface area (Å²) in [6.07, 6.45) is 3.07. The Morgan fingerprint density at radius 3 is 2.77 bits per heavy atom. The molecular formula is C14H15N5O3. The number of carboxylic acid groups (broad SMARTS) is 1. The molecule has 0 spiro atoms. The van der Waals surface area contributed by atoms with Gasteiger partial charge in [0.2, 0.25) is 0 Å². The van der Waals surface area contributed by atoms with Crippen LogP contribution < -0.4 is 16.0 Å². The van der Waals surface area contributed by atoms with Crippen molar-refractivity contribution >= 4 is 23.6 Å². The van der Waals surface area contributed by atoms with Gasteiger partial charge in [-0.05, 0) is 29.8 Å². The summed E-state index contributed by atoms with van der Waals surface area (Å²) in [4.78, 5) is 30.4. The number of amides is 2. The second kappa shape index (κ2) is 7.02. The number of anilines is 2. The molecule has 2 amide bonds. The number of carbonyl (C=O) groups is 2. The molecule has 0 aliphatic carbocycles. The molecule has 0 aromatic carbocycles. The van der Waals surface area contributed by atoms with Crippen LogP contribution >= 0.6 is 0 Å². The van der Waals surface area contributed by atoms with Gasteiger partial charge >= 0.3 is 12.0 Å². The number of urea groups is 1. The molecule has 22 heavy (non-hydrogen) atoms. The highest BCUT2D eigenvalue weighted by Crippen LogP contribution is 2.14. The van der Waals surface area contributed by atoms with E-state index in [4.69, 9.17) is 5.11 Å². The zero-order valence-corrected chi connectivity index (χ0v) is 11.8. The number of pyridine rings is 2. The SMILES string of the molecule is CNC(=O)Nc1cc(CNc2ncccc2C(=O)O)ccn1. The maximum Gasteiger partial charge on any atom is 0.339 e. The molecular weight excluding hydrogens is 286 g/mol. The molecule has 2 rings (SSSR count). The van der Waals surface area contributed by atoms with Crippen LogP contribution in [-0.4, -0.2) is 34.1 Å². The predicted octanol–water partition coefficient (Wildman–Crippen LogP) is 1.54. The van der Waals surface area contributed by atoms with Crippen LogP contribution in [0.15, 0.2) is 36.7 Å². The van der Waals surface area contributed by atoms with Crippen molar-refractivity contribution in [3.8, 4) is 0 Å². The molecule has 0 saturated carbocycles. The fraction of sp³-hybridized carbons (Fsp3) is 0.143. The second-order valence-electron chi connectivity index (χ2n) is 4.31. The average molecular weight is 301 g/mol. The smallest absolute Gasteiger partial charge is 0.339 e. The molecule has 0 fully saturated rings. The summed E-state index contributed by atoms with van der Waals surface area (Å²) < 4.78 is 0. The molecule has 0 radical (unpaired) electrons. The topological polar surface area (TPSA) is 116 Å². The minimum Gasteiger partial charge on any atom is -0.478 e. The van der Waals surface area contributed by atoms with Crippen molar-refractivity contribution in [3.63, 3.8) is 0 Å². The van der Waals surface area contributed by atoms with E-state index >= 15 is 0 Å². The Morgan fingerprint density at radius 1 is 1.23 bits per heavy atom. The summed E-state index contributed by atoms with van der Waals surface area (Å²) in [5, 5.41) is 17.0. The fourth-order valence-corrected chi connectivity index (χ4v) is 1.74. The zero-order chi connectivity index (χ0) is 15.9. The third kappa shape index (κ3) is 3.92. The normalized spacial score (nSPS) is 9.86. The van der Waals surface area contributed by atoms with E-state index in [0.717, 1.165) is 5.56 Å². The van der Waals surface area contributed by atoms with Gasteiger partial charge in [-0.2, -0.15) is 0 Å². The minimum atomic E-state index is -1.05. The standard InChI is InChI=1S/C14H15N5O3/c1-15-14(22)19-11-7-9(4-6-16-11)8-18-12-10(13(20)21)3-2-5-17-12/h2-7H,8H2,1H3,(H,17,18)(H,20,21)(H2,15,16,19,22). The highest BCUT2D eigenvalue weighted by Gasteiger charge is 2.10. The van der Waals surface area contributed by atoms with Gasteiger partial charge in [0.15, 0.2) is 0 Å². The van der Waals surface area contributed by atoms with Gasteiger partial charge in [-0.1, -0.05) is 0 Å². The summed E-state index contributed by atoms with van der Waals surface area (Å²) in [6.45, 7) is 0.349. The van der Waals surface area contributed by atoms with Crippen LogP contribution in [0.1, 0.15) is 15.9 Å². The number of aromatic carboxylic acids is 1. The molecule has 8 nitrogen and oxygen atoms in total. The van der Waals surface area contributed by atoms with Crippen LogP contribution in [0.25, 0.3) is 0 Å². The van der Waals surface area contributed by atoms with E-state index in [1.807, 2.05) is 0 Å². The Morgan fingerprint density at radius 2 is 2.05 bits per heavy atom. The maximum absolute atomic E-state index is 11.2. The molecule has 0 aliphatic rings. The van der Waals surface area contributed by atoms with Crippen molar-refractivity contribution in [2.75, 3.05) is 17.7 Å². The summed E-state index contributed by atoms with van der Waals surface area (Å²) in [7, 11) is 1.51. The molecule has 0 saturated heterocycles. The van der Waals surface area contributed by atoms with Crippen LogP contribution in [0.4, 0.5) is 16.4 Å². The third-order valence-corrected chi connectivity index (χ3v) is 2.79. The van der Waals surface area contributed by atoms with Crippen molar-refractivity contribution in [3.05, 3.63) is 47.8 Å². The number of hydrogen-bond acceptors (Lipinski definition) is 5. The van der Waals surface area contributed by atoms with Crippen LogP contribution in [0, 0.1) is 0 Å². The summed E-state index contributed by atoms with van der Waals surface area (Å²) >= 11 is 0. The molecule has 4 N–H and O–H groups in total. The van der Waals surface area contributed by atoms with Gasteiger partial charge in [-0.25, -0.2) is 19.6 Å². The number of hydrogen-bond donors (Lipinski definition) is 4. The Bertz CT molecular complexity index is 690. The number of carbonyl (C=O) groups excluding carboxylic acids is 1. The molecule has 2 heterocycles. The fourth-order valence-electron chi connectivity index (χ4n) is 1.74. The first-order valence-electron chi connectivity index (χ1n) is 6.46. The van der Waals surface area contributed by atoms with Gasteiger partial charge < -0.3 is 15.7 Å². The lowest BCUT2D eigenvalue weighted by atomic mass is 10.2. The van der Waals surface area contributed by atoms with Gasteiger partial charge in [0, 0.05) is 26.0 Å². The number of rotatable bonds is 5. The summed E-state index contributed by atoms with van der Waals surface area (Å²) in [5.74, 6) is -0.363. The molecule has 0 unspecified atom stereocenters. The Labute approximate surface area is 126 Å². The first-order chi connectivity index (χ1) is 10.6. The van der Waals surface area contributed by atoms with Crippen LogP contribution in [-0.2, 0) is 6.54 Å². The van der Waals surface area contributed by atoms with E-state index in [0.29, 0.717) is 12.4 Å². The van der Waals surface area contributed by atoms with E-state index in [1.165, 1.54) is 19.3 Å². The first kappa shape index (κ1) is 15.2.